The van der Waals surface area contributed by atoms with Crippen LogP contribution in [0.15, 0.2) is 58.6 Å². The Labute approximate surface area is 135 Å². The van der Waals surface area contributed by atoms with Gasteiger partial charge in [-0.3, -0.25) is 10.1 Å². The maximum atomic E-state index is 11.0. The van der Waals surface area contributed by atoms with E-state index in [2.05, 4.69) is 5.16 Å². The number of carbonyl (C=O) groups excluding carboxylic acids is 1. The van der Waals surface area contributed by atoms with Crippen LogP contribution in [-0.2, 0) is 0 Å². The molecule has 0 heterocycles. The van der Waals surface area contributed by atoms with Crippen molar-refractivity contribution in [2.75, 3.05) is 5.75 Å². The van der Waals surface area contributed by atoms with Gasteiger partial charge in [0.15, 0.2) is 0 Å². The number of nitrogens with zero attached hydrogens (tertiary/aromatic N) is 2. The Bertz CT molecular complexity index is 776. The highest BCUT2D eigenvalue weighted by atomic mass is 32.2. The first-order valence-corrected chi connectivity index (χ1v) is 7.40. The fourth-order valence-corrected chi connectivity index (χ4v) is 2.87. The van der Waals surface area contributed by atoms with Crippen molar-refractivity contribution in [3.05, 3.63) is 69.8 Å². The van der Waals surface area contributed by atoms with Gasteiger partial charge in [-0.25, -0.2) is 0 Å². The second-order valence-corrected chi connectivity index (χ2v) is 5.44. The highest BCUT2D eigenvalue weighted by molar-refractivity contribution is 8.00. The number of nitro benzene ring substituents is 1. The van der Waals surface area contributed by atoms with Crippen LogP contribution >= 0.6 is 11.8 Å². The molecule has 0 radical (unpaired) electrons. The summed E-state index contributed by atoms with van der Waals surface area (Å²) in [7, 11) is 0. The van der Waals surface area contributed by atoms with Gasteiger partial charge in [-0.2, -0.15) is 0 Å². The molecule has 2 rings (SSSR count). The van der Waals surface area contributed by atoms with Crippen LogP contribution in [0.5, 0.6) is 0 Å². The lowest BCUT2D eigenvalue weighted by Gasteiger charge is -2.10. The van der Waals surface area contributed by atoms with Crippen LogP contribution in [0.4, 0.5) is 5.69 Å². The summed E-state index contributed by atoms with van der Waals surface area (Å²) >= 11 is 1.14. The second kappa shape index (κ2) is 7.41. The number of carboxylic acid groups (broad SMARTS) is 1. The van der Waals surface area contributed by atoms with Crippen LogP contribution in [0.1, 0.15) is 15.9 Å². The van der Waals surface area contributed by atoms with Gasteiger partial charge in [0.2, 0.25) is 0 Å². The summed E-state index contributed by atoms with van der Waals surface area (Å²) in [6.45, 7) is 0. The first kappa shape index (κ1) is 16.5. The number of thioether (sulfide) groups is 1. The average molecular weight is 331 g/mol. The number of oxime groups is 1. The van der Waals surface area contributed by atoms with Gasteiger partial charge < -0.3 is 15.1 Å². The molecule has 0 atom stereocenters. The average Bonchev–Trinajstić information content (AvgIpc) is 2.56. The van der Waals surface area contributed by atoms with Gasteiger partial charge in [0.25, 0.3) is 5.69 Å². The van der Waals surface area contributed by atoms with Gasteiger partial charge in [-0.15, -0.1) is 11.8 Å². The molecule has 0 saturated carbocycles. The smallest absolute Gasteiger partial charge is 0.270 e. The number of carboxylic acids is 1. The van der Waals surface area contributed by atoms with E-state index in [9.17, 15) is 20.0 Å². The summed E-state index contributed by atoms with van der Waals surface area (Å²) in [5.74, 6) is -1.16. The van der Waals surface area contributed by atoms with Crippen LogP contribution in [0.2, 0.25) is 0 Å². The normalized spacial score (nSPS) is 11.2. The van der Waals surface area contributed by atoms with Gasteiger partial charge in [0.1, 0.15) is 0 Å². The van der Waals surface area contributed by atoms with Crippen molar-refractivity contribution in [2.45, 2.75) is 4.90 Å². The molecule has 2 aromatic carbocycles. The molecule has 0 amide bonds. The summed E-state index contributed by atoms with van der Waals surface area (Å²) in [5, 5.41) is 34.1. The van der Waals surface area contributed by atoms with Crippen molar-refractivity contribution in [1.29, 1.82) is 0 Å². The molecule has 2 aromatic rings. The van der Waals surface area contributed by atoms with E-state index in [4.69, 9.17) is 5.21 Å². The monoisotopic (exact) mass is 331 g/mol. The minimum Gasteiger partial charge on any atom is -0.545 e. The predicted molar refractivity (Wildman–Crippen MR) is 82.9 cm³/mol. The molecular weight excluding hydrogens is 320 g/mol. The third-order valence-corrected chi connectivity index (χ3v) is 4.07. The zero-order valence-electron chi connectivity index (χ0n) is 11.7. The fourth-order valence-electron chi connectivity index (χ4n) is 1.88. The number of hydrogen-bond donors (Lipinski definition) is 1. The molecule has 0 unspecified atom stereocenters. The first-order chi connectivity index (χ1) is 11.0. The van der Waals surface area contributed by atoms with E-state index >= 15 is 0 Å². The Balaban J connectivity index is 2.20. The van der Waals surface area contributed by atoms with Gasteiger partial charge >= 0.3 is 0 Å². The van der Waals surface area contributed by atoms with Crippen LogP contribution in [0.25, 0.3) is 0 Å². The van der Waals surface area contributed by atoms with Crippen molar-refractivity contribution in [1.82, 2.24) is 0 Å². The van der Waals surface area contributed by atoms with Crippen molar-refractivity contribution in [2.24, 2.45) is 5.16 Å². The number of hydrogen-bond acceptors (Lipinski definition) is 7. The lowest BCUT2D eigenvalue weighted by atomic mass is 10.1. The number of nitro groups is 1. The zero-order chi connectivity index (χ0) is 16.8. The number of non-ortho nitro benzene ring substituents is 1. The largest absolute Gasteiger partial charge is 0.545 e. The third kappa shape index (κ3) is 4.07. The third-order valence-electron chi connectivity index (χ3n) is 2.98. The number of carbonyl (C=O) groups is 1. The molecular formula is C15H11N2O5S-. The Morgan fingerprint density at radius 1 is 1.22 bits per heavy atom. The van der Waals surface area contributed by atoms with Crippen LogP contribution < -0.4 is 5.11 Å². The van der Waals surface area contributed by atoms with Crippen molar-refractivity contribution in [3.8, 4) is 0 Å². The van der Waals surface area contributed by atoms with Crippen molar-refractivity contribution < 1.29 is 20.0 Å². The molecule has 7 nitrogen and oxygen atoms in total. The summed E-state index contributed by atoms with van der Waals surface area (Å²) in [6.07, 6.45) is 0. The Kier molecular flexibility index (Phi) is 5.32. The zero-order valence-corrected chi connectivity index (χ0v) is 12.5. The van der Waals surface area contributed by atoms with E-state index in [0.29, 0.717) is 10.5 Å². The van der Waals surface area contributed by atoms with Gasteiger partial charge in [0.05, 0.1) is 16.6 Å². The first-order valence-electron chi connectivity index (χ1n) is 6.42. The summed E-state index contributed by atoms with van der Waals surface area (Å²) in [5.41, 5.74) is 0.504. The second-order valence-electron chi connectivity index (χ2n) is 4.43. The molecule has 1 N–H and O–H groups in total. The standard InChI is InChI=1S/C15H12N2O5S/c18-15(19)12-6-1-2-7-14(12)23-9-13(16-20)10-4-3-5-11(8-10)17(21)22/h1-8,20H,9H2,(H,18,19)/p-1. The van der Waals surface area contributed by atoms with E-state index in [1.165, 1.54) is 24.3 Å². The summed E-state index contributed by atoms with van der Waals surface area (Å²) in [4.78, 5) is 21.7. The summed E-state index contributed by atoms with van der Waals surface area (Å²) in [6, 6.07) is 12.0. The number of rotatable bonds is 6. The highest BCUT2D eigenvalue weighted by Gasteiger charge is 2.12. The molecule has 0 aliphatic rings. The maximum absolute atomic E-state index is 11.0. The fraction of sp³-hybridized carbons (Fsp3) is 0.0667. The van der Waals surface area contributed by atoms with E-state index in [1.54, 1.807) is 24.3 Å². The molecule has 0 fully saturated rings. The molecule has 0 bridgehead atoms. The molecule has 23 heavy (non-hydrogen) atoms. The van der Waals surface area contributed by atoms with E-state index < -0.39 is 10.9 Å². The van der Waals surface area contributed by atoms with Crippen LogP contribution in [0, 0.1) is 10.1 Å². The Morgan fingerprint density at radius 2 is 1.96 bits per heavy atom. The molecule has 0 aromatic heterocycles. The SMILES string of the molecule is O=C([O-])c1ccccc1SCC(=NO)c1cccc([N+](=O)[O-])c1. The molecule has 118 valence electrons. The lowest BCUT2D eigenvalue weighted by molar-refractivity contribution is -0.384. The Hall–Kier alpha value is -2.87. The van der Waals surface area contributed by atoms with Crippen molar-refractivity contribution in [3.63, 3.8) is 0 Å². The minimum atomic E-state index is -1.30. The molecule has 0 aliphatic carbocycles. The summed E-state index contributed by atoms with van der Waals surface area (Å²) < 4.78 is 0. The molecule has 8 heteroatoms. The van der Waals surface area contributed by atoms with Crippen molar-refractivity contribution >= 4 is 29.1 Å². The molecule has 0 spiro atoms. The van der Waals surface area contributed by atoms with E-state index in [-0.39, 0.29) is 22.7 Å². The van der Waals surface area contributed by atoms with Gasteiger partial charge in [-0.05, 0) is 6.07 Å². The molecule has 0 saturated heterocycles. The Morgan fingerprint density at radius 3 is 2.61 bits per heavy atom. The quantitative estimate of drug-likeness (QED) is 0.284. The number of aromatic carboxylic acids is 1. The maximum Gasteiger partial charge on any atom is 0.270 e. The molecule has 0 aliphatic heterocycles. The van der Waals surface area contributed by atoms with E-state index in [1.807, 2.05) is 0 Å². The van der Waals surface area contributed by atoms with Crippen LogP contribution in [0.3, 0.4) is 0 Å². The van der Waals surface area contributed by atoms with E-state index in [0.717, 1.165) is 11.8 Å². The lowest BCUT2D eigenvalue weighted by Crippen LogP contribution is -2.23. The topological polar surface area (TPSA) is 116 Å². The van der Waals surface area contributed by atoms with Gasteiger partial charge in [0, 0.05) is 33.9 Å². The number of benzene rings is 2. The van der Waals surface area contributed by atoms with Gasteiger partial charge in [-0.1, -0.05) is 35.5 Å². The van der Waals surface area contributed by atoms with Crippen LogP contribution in [-0.4, -0.2) is 27.6 Å². The minimum absolute atomic E-state index is 0.0360. The highest BCUT2D eigenvalue weighted by Crippen LogP contribution is 2.24. The predicted octanol–water partition coefficient (Wildman–Crippen LogP) is 1.93.